The van der Waals surface area contributed by atoms with E-state index in [0.29, 0.717) is 6.42 Å². The average molecular weight is 222 g/mol. The quantitative estimate of drug-likeness (QED) is 0.732. The number of hydrogen-bond acceptors (Lipinski definition) is 2. The predicted octanol–water partition coefficient (Wildman–Crippen LogP) is 3.28. The first-order valence-corrected chi connectivity index (χ1v) is 5.68. The molecule has 0 radical (unpaired) electrons. The minimum atomic E-state index is -0.798. The summed E-state index contributed by atoms with van der Waals surface area (Å²) >= 11 is 0. The maximum absolute atomic E-state index is 12.4. The molecule has 0 aromatic heterocycles. The second kappa shape index (κ2) is 4.17. The maximum Gasteiger partial charge on any atom is 0.173 e. The molecule has 0 atom stereocenters. The molecule has 0 amide bonds. The molecule has 2 heteroatoms. The standard InChI is InChI=1S/C14H22O2/c1-10-7-8-11(2)14(10,16-6)12(15)9-13(3,4)5/h7-8H,9H2,1-6H3. The van der Waals surface area contributed by atoms with Crippen LogP contribution in [0.3, 0.4) is 0 Å². The van der Waals surface area contributed by atoms with Crippen LogP contribution < -0.4 is 0 Å². The van der Waals surface area contributed by atoms with Gasteiger partial charge in [0.1, 0.15) is 0 Å². The Kier molecular flexibility index (Phi) is 3.44. The van der Waals surface area contributed by atoms with Crippen LogP contribution in [0, 0.1) is 5.41 Å². The summed E-state index contributed by atoms with van der Waals surface area (Å²) in [7, 11) is 1.61. The molecule has 1 aliphatic carbocycles. The summed E-state index contributed by atoms with van der Waals surface area (Å²) in [6, 6.07) is 0. The van der Waals surface area contributed by atoms with Crippen molar-refractivity contribution in [3.8, 4) is 0 Å². The van der Waals surface area contributed by atoms with Crippen LogP contribution in [0.4, 0.5) is 0 Å². The highest BCUT2D eigenvalue weighted by molar-refractivity contribution is 5.95. The number of carbonyl (C=O) groups is 1. The van der Waals surface area contributed by atoms with E-state index in [1.54, 1.807) is 7.11 Å². The smallest absolute Gasteiger partial charge is 0.173 e. The molecule has 1 aliphatic rings. The van der Waals surface area contributed by atoms with Gasteiger partial charge in [0.05, 0.1) is 0 Å². The number of rotatable bonds is 3. The van der Waals surface area contributed by atoms with Crippen LogP contribution in [0.1, 0.15) is 41.0 Å². The Labute approximate surface area is 98.4 Å². The lowest BCUT2D eigenvalue weighted by atomic mass is 9.79. The fourth-order valence-electron chi connectivity index (χ4n) is 2.28. The fourth-order valence-corrected chi connectivity index (χ4v) is 2.28. The normalized spacial score (nSPS) is 19.4. The third kappa shape index (κ3) is 2.12. The van der Waals surface area contributed by atoms with Crippen molar-refractivity contribution in [3.05, 3.63) is 23.3 Å². The lowest BCUT2D eigenvalue weighted by molar-refractivity contribution is -0.135. The fraction of sp³-hybridized carbons (Fsp3) is 0.643. The Bertz CT molecular complexity index is 335. The Morgan fingerprint density at radius 2 is 1.69 bits per heavy atom. The van der Waals surface area contributed by atoms with Gasteiger partial charge in [-0.15, -0.1) is 0 Å². The van der Waals surface area contributed by atoms with Crippen molar-refractivity contribution < 1.29 is 9.53 Å². The maximum atomic E-state index is 12.4. The summed E-state index contributed by atoms with van der Waals surface area (Å²) in [5, 5.41) is 0. The van der Waals surface area contributed by atoms with E-state index >= 15 is 0 Å². The minimum absolute atomic E-state index is 0.00817. The van der Waals surface area contributed by atoms with Crippen LogP contribution in [0.25, 0.3) is 0 Å². The van der Waals surface area contributed by atoms with Crippen molar-refractivity contribution in [1.82, 2.24) is 0 Å². The largest absolute Gasteiger partial charge is 0.362 e. The van der Waals surface area contributed by atoms with Gasteiger partial charge in [-0.2, -0.15) is 0 Å². The van der Waals surface area contributed by atoms with Gasteiger partial charge in [-0.3, -0.25) is 4.79 Å². The van der Waals surface area contributed by atoms with Crippen molar-refractivity contribution in [2.75, 3.05) is 7.11 Å². The first kappa shape index (κ1) is 13.2. The highest BCUT2D eigenvalue weighted by Crippen LogP contribution is 2.38. The molecule has 0 heterocycles. The SMILES string of the molecule is COC1(C(=O)CC(C)(C)C)C(C)=CC=C1C. The van der Waals surface area contributed by atoms with Crippen LogP contribution in [0.15, 0.2) is 23.3 Å². The Balaban J connectivity index is 3.03. The van der Waals surface area contributed by atoms with Crippen LogP contribution in [-0.4, -0.2) is 18.5 Å². The van der Waals surface area contributed by atoms with E-state index in [9.17, 15) is 4.79 Å². The van der Waals surface area contributed by atoms with Gasteiger partial charge in [-0.05, 0) is 30.4 Å². The molecule has 0 aromatic rings. The molecular weight excluding hydrogens is 200 g/mol. The summed E-state index contributed by atoms with van der Waals surface area (Å²) in [5.74, 6) is 0.155. The van der Waals surface area contributed by atoms with E-state index < -0.39 is 5.60 Å². The topological polar surface area (TPSA) is 26.3 Å². The van der Waals surface area contributed by atoms with Crippen molar-refractivity contribution in [2.45, 2.75) is 46.6 Å². The molecule has 0 N–H and O–H groups in total. The number of Topliss-reactive ketones (excluding diaryl/α,β-unsaturated/α-hetero) is 1. The predicted molar refractivity (Wildman–Crippen MR) is 66.3 cm³/mol. The third-order valence-corrected chi connectivity index (χ3v) is 3.08. The lowest BCUT2D eigenvalue weighted by Gasteiger charge is -2.32. The molecule has 0 aromatic carbocycles. The zero-order valence-corrected chi connectivity index (χ0v) is 11.2. The van der Waals surface area contributed by atoms with Gasteiger partial charge in [0.2, 0.25) is 0 Å². The number of hydrogen-bond donors (Lipinski definition) is 0. The Morgan fingerprint density at radius 3 is 2.00 bits per heavy atom. The monoisotopic (exact) mass is 222 g/mol. The average Bonchev–Trinajstić information content (AvgIpc) is 2.40. The molecule has 0 saturated carbocycles. The van der Waals surface area contributed by atoms with E-state index in [2.05, 4.69) is 20.8 Å². The lowest BCUT2D eigenvalue weighted by Crippen LogP contribution is -2.43. The summed E-state index contributed by atoms with van der Waals surface area (Å²) in [6.45, 7) is 10.1. The van der Waals surface area contributed by atoms with Crippen molar-refractivity contribution in [1.29, 1.82) is 0 Å². The van der Waals surface area contributed by atoms with Gasteiger partial charge in [0.15, 0.2) is 11.4 Å². The number of methoxy groups -OCH3 is 1. The molecule has 0 aliphatic heterocycles. The minimum Gasteiger partial charge on any atom is -0.362 e. The second-order valence-corrected chi connectivity index (χ2v) is 5.75. The Morgan fingerprint density at radius 1 is 1.25 bits per heavy atom. The van der Waals surface area contributed by atoms with Crippen molar-refractivity contribution in [2.24, 2.45) is 5.41 Å². The molecule has 0 saturated heterocycles. The number of ketones is 1. The van der Waals surface area contributed by atoms with Crippen molar-refractivity contribution in [3.63, 3.8) is 0 Å². The first-order valence-electron chi connectivity index (χ1n) is 5.68. The van der Waals surface area contributed by atoms with Gasteiger partial charge < -0.3 is 4.74 Å². The summed E-state index contributed by atoms with van der Waals surface area (Å²) in [4.78, 5) is 12.4. The van der Waals surface area contributed by atoms with Gasteiger partial charge in [-0.1, -0.05) is 32.9 Å². The van der Waals surface area contributed by atoms with E-state index in [1.165, 1.54) is 0 Å². The van der Waals surface area contributed by atoms with E-state index in [0.717, 1.165) is 11.1 Å². The van der Waals surface area contributed by atoms with Gasteiger partial charge >= 0.3 is 0 Å². The number of allylic oxidation sites excluding steroid dienone is 2. The Hall–Kier alpha value is -0.890. The number of carbonyl (C=O) groups excluding carboxylic acids is 1. The molecule has 0 fully saturated rings. The van der Waals surface area contributed by atoms with Gasteiger partial charge in [-0.25, -0.2) is 0 Å². The summed E-state index contributed by atoms with van der Waals surface area (Å²) in [6.07, 6.45) is 4.47. The summed E-state index contributed by atoms with van der Waals surface area (Å²) in [5.41, 5.74) is 1.17. The second-order valence-electron chi connectivity index (χ2n) is 5.75. The van der Waals surface area contributed by atoms with Crippen LogP contribution in [0.2, 0.25) is 0 Å². The highest BCUT2D eigenvalue weighted by atomic mass is 16.5. The zero-order chi connectivity index (χ0) is 12.6. The molecule has 90 valence electrons. The van der Waals surface area contributed by atoms with Crippen LogP contribution in [-0.2, 0) is 9.53 Å². The molecule has 0 spiro atoms. The first-order chi connectivity index (χ1) is 7.24. The van der Waals surface area contributed by atoms with E-state index in [-0.39, 0.29) is 11.2 Å². The number of ether oxygens (including phenoxy) is 1. The van der Waals surface area contributed by atoms with Crippen LogP contribution >= 0.6 is 0 Å². The van der Waals surface area contributed by atoms with Crippen molar-refractivity contribution >= 4 is 5.78 Å². The van der Waals surface area contributed by atoms with Gasteiger partial charge in [0, 0.05) is 13.5 Å². The van der Waals surface area contributed by atoms with Crippen LogP contribution in [0.5, 0.6) is 0 Å². The zero-order valence-electron chi connectivity index (χ0n) is 11.2. The van der Waals surface area contributed by atoms with E-state index in [4.69, 9.17) is 4.74 Å². The third-order valence-electron chi connectivity index (χ3n) is 3.08. The molecule has 16 heavy (non-hydrogen) atoms. The van der Waals surface area contributed by atoms with Gasteiger partial charge in [0.25, 0.3) is 0 Å². The molecular formula is C14H22O2. The van der Waals surface area contributed by atoms with E-state index in [1.807, 2.05) is 26.0 Å². The highest BCUT2D eigenvalue weighted by Gasteiger charge is 2.44. The molecule has 1 rings (SSSR count). The molecule has 2 nitrogen and oxygen atoms in total. The molecule has 0 bridgehead atoms. The molecule has 0 unspecified atom stereocenters. The summed E-state index contributed by atoms with van der Waals surface area (Å²) < 4.78 is 5.54.